The van der Waals surface area contributed by atoms with Crippen molar-refractivity contribution in [2.45, 2.75) is 6.92 Å². The first-order valence-electron chi connectivity index (χ1n) is 4.08. The molecule has 4 heteroatoms. The standard InChI is InChI=1S/C9H10N4/c1-6-3-4-7-8(12-6)5-11-9(10-2)13-7/h3-5H,1-2H3,(H,10,11,13). The molecule has 0 atom stereocenters. The van der Waals surface area contributed by atoms with Crippen LogP contribution in [0.25, 0.3) is 11.0 Å². The van der Waals surface area contributed by atoms with Crippen LogP contribution in [0.1, 0.15) is 5.69 Å². The van der Waals surface area contributed by atoms with E-state index in [1.54, 1.807) is 13.2 Å². The summed E-state index contributed by atoms with van der Waals surface area (Å²) in [5.74, 6) is 0.623. The third-order valence-corrected chi connectivity index (χ3v) is 1.80. The molecule has 4 nitrogen and oxygen atoms in total. The van der Waals surface area contributed by atoms with E-state index in [4.69, 9.17) is 0 Å². The Morgan fingerprint density at radius 2 is 2.00 bits per heavy atom. The highest BCUT2D eigenvalue weighted by Gasteiger charge is 1.98. The molecule has 2 rings (SSSR count). The van der Waals surface area contributed by atoms with Crippen molar-refractivity contribution < 1.29 is 0 Å². The Kier molecular flexibility index (Phi) is 1.81. The van der Waals surface area contributed by atoms with E-state index >= 15 is 0 Å². The van der Waals surface area contributed by atoms with E-state index in [0.29, 0.717) is 5.95 Å². The Balaban J connectivity index is 2.66. The minimum Gasteiger partial charge on any atom is -0.357 e. The van der Waals surface area contributed by atoms with Gasteiger partial charge >= 0.3 is 0 Å². The number of nitrogens with zero attached hydrogens (tertiary/aromatic N) is 3. The molecule has 13 heavy (non-hydrogen) atoms. The van der Waals surface area contributed by atoms with Crippen molar-refractivity contribution in [3.63, 3.8) is 0 Å². The zero-order chi connectivity index (χ0) is 9.26. The van der Waals surface area contributed by atoms with Crippen LogP contribution in [0.5, 0.6) is 0 Å². The SMILES string of the molecule is CNc1ncc2nc(C)ccc2n1. The summed E-state index contributed by atoms with van der Waals surface area (Å²) in [6.45, 7) is 1.95. The van der Waals surface area contributed by atoms with Crippen molar-refractivity contribution in [3.05, 3.63) is 24.0 Å². The highest BCUT2D eigenvalue weighted by atomic mass is 15.1. The molecule has 2 heterocycles. The molecule has 0 unspecified atom stereocenters. The molecule has 0 radical (unpaired) electrons. The molecule has 0 amide bonds. The van der Waals surface area contributed by atoms with Crippen molar-refractivity contribution in [3.8, 4) is 0 Å². The Hall–Kier alpha value is -1.71. The second-order valence-electron chi connectivity index (χ2n) is 2.80. The van der Waals surface area contributed by atoms with Crippen LogP contribution in [0.3, 0.4) is 0 Å². The van der Waals surface area contributed by atoms with E-state index < -0.39 is 0 Å². The Bertz CT molecular complexity index is 439. The Morgan fingerprint density at radius 3 is 2.77 bits per heavy atom. The third-order valence-electron chi connectivity index (χ3n) is 1.80. The number of anilines is 1. The second kappa shape index (κ2) is 2.97. The van der Waals surface area contributed by atoms with Crippen molar-refractivity contribution in [1.82, 2.24) is 15.0 Å². The number of hydrogen-bond donors (Lipinski definition) is 1. The average Bonchev–Trinajstić information content (AvgIpc) is 2.17. The van der Waals surface area contributed by atoms with Gasteiger partial charge < -0.3 is 5.32 Å². The molecule has 1 N–H and O–H groups in total. The van der Waals surface area contributed by atoms with Gasteiger partial charge in [0.1, 0.15) is 5.52 Å². The van der Waals surface area contributed by atoms with E-state index in [9.17, 15) is 0 Å². The monoisotopic (exact) mass is 174 g/mol. The molecule has 0 aliphatic carbocycles. The van der Waals surface area contributed by atoms with Gasteiger partial charge in [-0.05, 0) is 19.1 Å². The maximum atomic E-state index is 4.30. The fraction of sp³-hybridized carbons (Fsp3) is 0.222. The predicted octanol–water partition coefficient (Wildman–Crippen LogP) is 1.37. The first-order valence-corrected chi connectivity index (χ1v) is 4.08. The lowest BCUT2D eigenvalue weighted by Crippen LogP contribution is -1.96. The molecule has 0 aliphatic heterocycles. The van der Waals surface area contributed by atoms with Gasteiger partial charge in [-0.3, -0.25) is 0 Å². The lowest BCUT2D eigenvalue weighted by molar-refractivity contribution is 1.16. The summed E-state index contributed by atoms with van der Waals surface area (Å²) < 4.78 is 0. The van der Waals surface area contributed by atoms with Crippen LogP contribution in [0.2, 0.25) is 0 Å². The summed E-state index contributed by atoms with van der Waals surface area (Å²) in [7, 11) is 1.79. The van der Waals surface area contributed by atoms with Gasteiger partial charge in [-0.1, -0.05) is 0 Å². The summed E-state index contributed by atoms with van der Waals surface area (Å²) in [5.41, 5.74) is 2.68. The fourth-order valence-corrected chi connectivity index (χ4v) is 1.14. The van der Waals surface area contributed by atoms with Crippen molar-refractivity contribution in [1.29, 1.82) is 0 Å². The van der Waals surface area contributed by atoms with Crippen LogP contribution in [0.15, 0.2) is 18.3 Å². The first kappa shape index (κ1) is 7.91. The number of pyridine rings is 1. The molecular formula is C9H10N4. The van der Waals surface area contributed by atoms with E-state index in [1.165, 1.54) is 0 Å². The molecule has 2 aromatic heterocycles. The molecule has 0 spiro atoms. The number of nitrogens with one attached hydrogen (secondary N) is 1. The minimum absolute atomic E-state index is 0.623. The van der Waals surface area contributed by atoms with E-state index in [0.717, 1.165) is 16.7 Å². The highest BCUT2D eigenvalue weighted by Crippen LogP contribution is 2.10. The molecule has 0 fully saturated rings. The van der Waals surface area contributed by atoms with Gasteiger partial charge in [0, 0.05) is 12.7 Å². The Morgan fingerprint density at radius 1 is 1.15 bits per heavy atom. The smallest absolute Gasteiger partial charge is 0.223 e. The maximum Gasteiger partial charge on any atom is 0.223 e. The molecule has 0 saturated carbocycles. The molecule has 2 aromatic rings. The summed E-state index contributed by atoms with van der Waals surface area (Å²) in [6.07, 6.45) is 1.72. The molecule has 66 valence electrons. The molecule has 0 aliphatic rings. The summed E-state index contributed by atoms with van der Waals surface area (Å²) in [5, 5.41) is 2.88. The van der Waals surface area contributed by atoms with Crippen molar-refractivity contribution in [2.75, 3.05) is 12.4 Å². The average molecular weight is 174 g/mol. The number of rotatable bonds is 1. The quantitative estimate of drug-likeness (QED) is 0.709. The largest absolute Gasteiger partial charge is 0.357 e. The van der Waals surface area contributed by atoms with Gasteiger partial charge in [0.2, 0.25) is 5.95 Å². The van der Waals surface area contributed by atoms with Crippen LogP contribution < -0.4 is 5.32 Å². The highest BCUT2D eigenvalue weighted by molar-refractivity contribution is 5.74. The first-order chi connectivity index (χ1) is 6.29. The zero-order valence-corrected chi connectivity index (χ0v) is 7.57. The maximum absolute atomic E-state index is 4.30. The van der Waals surface area contributed by atoms with E-state index in [2.05, 4.69) is 20.3 Å². The van der Waals surface area contributed by atoms with Gasteiger partial charge in [0.05, 0.1) is 11.7 Å². The topological polar surface area (TPSA) is 50.7 Å². The Labute approximate surface area is 76.1 Å². The van der Waals surface area contributed by atoms with E-state index in [-0.39, 0.29) is 0 Å². The lowest BCUT2D eigenvalue weighted by atomic mass is 10.3. The van der Waals surface area contributed by atoms with Gasteiger partial charge in [0.15, 0.2) is 0 Å². The zero-order valence-electron chi connectivity index (χ0n) is 7.57. The molecular weight excluding hydrogens is 164 g/mol. The number of aromatic nitrogens is 3. The molecule has 0 aromatic carbocycles. The molecule has 0 saturated heterocycles. The number of aryl methyl sites for hydroxylation is 1. The summed E-state index contributed by atoms with van der Waals surface area (Å²) >= 11 is 0. The van der Waals surface area contributed by atoms with Crippen LogP contribution in [-0.2, 0) is 0 Å². The molecule has 0 bridgehead atoms. The second-order valence-corrected chi connectivity index (χ2v) is 2.80. The van der Waals surface area contributed by atoms with Crippen LogP contribution >= 0.6 is 0 Å². The normalized spacial score (nSPS) is 10.3. The van der Waals surface area contributed by atoms with Gasteiger partial charge in [-0.15, -0.1) is 0 Å². The van der Waals surface area contributed by atoms with Crippen molar-refractivity contribution >= 4 is 17.0 Å². The van der Waals surface area contributed by atoms with Gasteiger partial charge in [0.25, 0.3) is 0 Å². The van der Waals surface area contributed by atoms with Gasteiger partial charge in [-0.25, -0.2) is 15.0 Å². The third kappa shape index (κ3) is 1.42. The minimum atomic E-state index is 0.623. The summed E-state index contributed by atoms with van der Waals surface area (Å²) in [4.78, 5) is 12.6. The summed E-state index contributed by atoms with van der Waals surface area (Å²) in [6, 6.07) is 3.88. The number of hydrogen-bond acceptors (Lipinski definition) is 4. The lowest BCUT2D eigenvalue weighted by Gasteiger charge is -2.00. The van der Waals surface area contributed by atoms with Gasteiger partial charge in [-0.2, -0.15) is 0 Å². The van der Waals surface area contributed by atoms with Crippen molar-refractivity contribution in [2.24, 2.45) is 0 Å². The predicted molar refractivity (Wildman–Crippen MR) is 51.6 cm³/mol. The van der Waals surface area contributed by atoms with Crippen LogP contribution in [-0.4, -0.2) is 22.0 Å². The van der Waals surface area contributed by atoms with Crippen LogP contribution in [0, 0.1) is 6.92 Å². The van der Waals surface area contributed by atoms with Crippen LogP contribution in [0.4, 0.5) is 5.95 Å². The fourth-order valence-electron chi connectivity index (χ4n) is 1.14. The van der Waals surface area contributed by atoms with E-state index in [1.807, 2.05) is 19.1 Å². The number of fused-ring (bicyclic) bond motifs is 1.